The van der Waals surface area contributed by atoms with Gasteiger partial charge in [-0.25, -0.2) is 19.7 Å². The van der Waals surface area contributed by atoms with E-state index >= 15 is 0 Å². The summed E-state index contributed by atoms with van der Waals surface area (Å²) in [6.07, 6.45) is 11.3. The van der Waals surface area contributed by atoms with E-state index in [0.717, 1.165) is 94.6 Å². The highest BCUT2D eigenvalue weighted by atomic mass is 16.4. The van der Waals surface area contributed by atoms with Crippen molar-refractivity contribution in [1.29, 1.82) is 0 Å². The quantitative estimate of drug-likeness (QED) is 0.379. The van der Waals surface area contributed by atoms with Crippen LogP contribution in [0.25, 0.3) is 0 Å². The molecule has 4 N–H and O–H groups in total. The van der Waals surface area contributed by atoms with Crippen molar-refractivity contribution in [2.45, 2.75) is 83.1 Å². The number of carboxylic acids is 1. The van der Waals surface area contributed by atoms with Crippen LogP contribution in [0.15, 0.2) is 18.5 Å². The maximum absolute atomic E-state index is 12.7. The van der Waals surface area contributed by atoms with Crippen molar-refractivity contribution >= 4 is 29.3 Å². The number of carbonyl (C=O) groups is 2. The van der Waals surface area contributed by atoms with E-state index in [1.54, 1.807) is 0 Å². The average Bonchev–Trinajstić information content (AvgIpc) is 2.99. The largest absolute Gasteiger partial charge is 0.480 e. The molecular weight excluding hydrogens is 494 g/mol. The van der Waals surface area contributed by atoms with Crippen LogP contribution in [-0.4, -0.2) is 64.2 Å². The number of carbonyl (C=O) groups excluding carboxylic acids is 1. The number of aromatic nitrogens is 3. The molecule has 1 atom stereocenters. The molecule has 210 valence electrons. The fourth-order valence-corrected chi connectivity index (χ4v) is 6.16. The number of nitrogens with one attached hydrogen (secondary N) is 3. The molecule has 0 radical (unpaired) electrons. The molecule has 1 saturated carbocycles. The molecule has 2 fully saturated rings. The molecule has 3 aliphatic rings. The van der Waals surface area contributed by atoms with Crippen LogP contribution >= 0.6 is 0 Å². The lowest BCUT2D eigenvalue weighted by Crippen LogP contribution is -2.47. The van der Waals surface area contributed by atoms with Crippen LogP contribution < -0.4 is 20.9 Å². The molecule has 2 aromatic rings. The highest BCUT2D eigenvalue weighted by molar-refractivity contribution is 5.85. The summed E-state index contributed by atoms with van der Waals surface area (Å²) >= 11 is 0. The number of pyridine rings is 1. The highest BCUT2D eigenvalue weighted by Crippen LogP contribution is 2.33. The number of hydrogen-bond donors (Lipinski definition) is 4. The van der Waals surface area contributed by atoms with Gasteiger partial charge >= 0.3 is 5.97 Å². The lowest BCUT2D eigenvalue weighted by atomic mass is 9.88. The number of anilines is 3. The molecule has 0 aromatic carbocycles. The monoisotopic (exact) mass is 535 g/mol. The minimum atomic E-state index is -1.05. The van der Waals surface area contributed by atoms with Gasteiger partial charge in [-0.1, -0.05) is 32.3 Å². The Morgan fingerprint density at radius 1 is 1.10 bits per heavy atom. The molecule has 0 bridgehead atoms. The predicted octanol–water partition coefficient (Wildman–Crippen LogP) is 3.74. The van der Waals surface area contributed by atoms with Gasteiger partial charge in [0.05, 0.1) is 0 Å². The second-order valence-corrected chi connectivity index (χ2v) is 11.0. The number of nitrogens with zero attached hydrogens (tertiary/aromatic N) is 4. The van der Waals surface area contributed by atoms with Gasteiger partial charge in [-0.05, 0) is 56.6 Å². The summed E-state index contributed by atoms with van der Waals surface area (Å²) in [6, 6.07) is 3.41. The summed E-state index contributed by atoms with van der Waals surface area (Å²) in [5.41, 5.74) is 3.45. The first-order valence-electron chi connectivity index (χ1n) is 14.6. The summed E-state index contributed by atoms with van der Waals surface area (Å²) in [5, 5.41) is 19.2. The zero-order valence-electron chi connectivity index (χ0n) is 22.9. The number of fused-ring (bicyclic) bond motifs is 1. The Morgan fingerprint density at radius 2 is 1.90 bits per heavy atom. The van der Waals surface area contributed by atoms with Crippen LogP contribution in [0.1, 0.15) is 81.0 Å². The van der Waals surface area contributed by atoms with E-state index in [2.05, 4.69) is 49.9 Å². The predicted molar refractivity (Wildman–Crippen MR) is 151 cm³/mol. The van der Waals surface area contributed by atoms with Gasteiger partial charge in [0.1, 0.15) is 29.8 Å². The smallest absolute Gasteiger partial charge is 0.328 e. The maximum Gasteiger partial charge on any atom is 0.328 e. The van der Waals surface area contributed by atoms with Crippen LogP contribution in [-0.2, 0) is 22.4 Å². The number of aliphatic carboxylic acids is 1. The minimum Gasteiger partial charge on any atom is -0.480 e. The topological polar surface area (TPSA) is 132 Å². The molecule has 1 saturated heterocycles. The van der Waals surface area contributed by atoms with Gasteiger partial charge in [0.15, 0.2) is 0 Å². The normalized spacial score (nSPS) is 19.1. The average molecular weight is 536 g/mol. The van der Waals surface area contributed by atoms with Crippen molar-refractivity contribution < 1.29 is 14.7 Å². The third-order valence-corrected chi connectivity index (χ3v) is 8.47. The molecule has 0 spiro atoms. The Morgan fingerprint density at radius 3 is 2.64 bits per heavy atom. The fraction of sp³-hybridized carbons (Fsp3) is 0.621. The van der Waals surface area contributed by atoms with Crippen LogP contribution in [0.2, 0.25) is 0 Å². The van der Waals surface area contributed by atoms with Gasteiger partial charge in [-0.15, -0.1) is 0 Å². The molecule has 2 aliphatic heterocycles. The zero-order valence-corrected chi connectivity index (χ0v) is 22.9. The summed E-state index contributed by atoms with van der Waals surface area (Å²) < 4.78 is 0. The third kappa shape index (κ3) is 6.42. The third-order valence-electron chi connectivity index (χ3n) is 8.47. The molecule has 1 unspecified atom stereocenters. The minimum absolute atomic E-state index is 0.0668. The lowest BCUT2D eigenvalue weighted by Gasteiger charge is -2.34. The van der Waals surface area contributed by atoms with E-state index < -0.39 is 12.0 Å². The van der Waals surface area contributed by atoms with Crippen molar-refractivity contribution in [3.63, 3.8) is 0 Å². The SMILES string of the molecule is CCc1c(NCC(NC(=O)C2CCCCC2)C(=O)O)ncnc1N1CCC(c2ccc3c(n2)NCCC3)CC1. The first-order chi connectivity index (χ1) is 19.0. The van der Waals surface area contributed by atoms with Gasteiger partial charge in [0.25, 0.3) is 0 Å². The number of hydrogen-bond acceptors (Lipinski definition) is 8. The number of aryl methyl sites for hydroxylation is 1. The van der Waals surface area contributed by atoms with Gasteiger partial charge < -0.3 is 26.0 Å². The summed E-state index contributed by atoms with van der Waals surface area (Å²) in [7, 11) is 0. The van der Waals surface area contributed by atoms with Crippen LogP contribution in [0.4, 0.5) is 17.5 Å². The molecule has 2 aromatic heterocycles. The van der Waals surface area contributed by atoms with Gasteiger partial charge in [-0.3, -0.25) is 4.79 Å². The Hall–Kier alpha value is -3.43. The number of piperidine rings is 1. The molecule has 1 amide bonds. The summed E-state index contributed by atoms with van der Waals surface area (Å²) in [5.74, 6) is 1.70. The molecular formula is C29H41N7O3. The van der Waals surface area contributed by atoms with E-state index in [-0.39, 0.29) is 18.4 Å². The fourth-order valence-electron chi connectivity index (χ4n) is 6.16. The van der Waals surface area contributed by atoms with Gasteiger partial charge in [0.2, 0.25) is 5.91 Å². The molecule has 1 aliphatic carbocycles. The molecule has 5 rings (SSSR count). The Labute approximate surface area is 230 Å². The first-order valence-corrected chi connectivity index (χ1v) is 14.6. The van der Waals surface area contributed by atoms with Crippen molar-refractivity contribution in [3.8, 4) is 0 Å². The highest BCUT2D eigenvalue weighted by Gasteiger charge is 2.28. The molecule has 10 heteroatoms. The standard InChI is InChI=1S/C29H41N7O3/c1-2-22-26(31-17-24(29(38)39)35-28(37)21-7-4-3-5-8-21)32-18-33-27(22)36-15-12-19(13-16-36)23-11-10-20-9-6-14-30-25(20)34-23/h10-11,18-19,21,24H,2-9,12-17H2,1H3,(H,30,34)(H,35,37)(H,38,39)(H,31,32,33). The number of amides is 1. The number of rotatable bonds is 9. The first kappa shape index (κ1) is 27.1. The van der Waals surface area contributed by atoms with E-state index in [1.807, 2.05) is 0 Å². The lowest BCUT2D eigenvalue weighted by molar-refractivity contribution is -0.142. The van der Waals surface area contributed by atoms with E-state index in [4.69, 9.17) is 4.98 Å². The summed E-state index contributed by atoms with van der Waals surface area (Å²) in [4.78, 5) is 40.9. The van der Waals surface area contributed by atoms with E-state index in [0.29, 0.717) is 18.2 Å². The number of carboxylic acid groups (broad SMARTS) is 1. The van der Waals surface area contributed by atoms with Gasteiger partial charge in [-0.2, -0.15) is 0 Å². The van der Waals surface area contributed by atoms with E-state index in [1.165, 1.54) is 17.6 Å². The Kier molecular flexibility index (Phi) is 8.78. The van der Waals surface area contributed by atoms with Crippen LogP contribution in [0.3, 0.4) is 0 Å². The maximum atomic E-state index is 12.7. The van der Waals surface area contributed by atoms with Crippen molar-refractivity contribution in [2.75, 3.05) is 41.7 Å². The second kappa shape index (κ2) is 12.6. The zero-order chi connectivity index (χ0) is 27.2. The van der Waals surface area contributed by atoms with Gasteiger partial charge in [0, 0.05) is 49.3 Å². The van der Waals surface area contributed by atoms with Crippen LogP contribution in [0.5, 0.6) is 0 Å². The van der Waals surface area contributed by atoms with Crippen molar-refractivity contribution in [1.82, 2.24) is 20.3 Å². The Balaban J connectivity index is 1.21. The van der Waals surface area contributed by atoms with Crippen molar-refractivity contribution in [3.05, 3.63) is 35.3 Å². The second-order valence-electron chi connectivity index (χ2n) is 11.0. The Bertz CT molecular complexity index is 1160. The molecule has 4 heterocycles. The molecule has 39 heavy (non-hydrogen) atoms. The van der Waals surface area contributed by atoms with Crippen LogP contribution in [0, 0.1) is 5.92 Å². The van der Waals surface area contributed by atoms with Crippen molar-refractivity contribution in [2.24, 2.45) is 5.92 Å². The molecule has 10 nitrogen and oxygen atoms in total. The summed E-state index contributed by atoms with van der Waals surface area (Å²) in [6.45, 7) is 4.86. The van der Waals surface area contributed by atoms with E-state index in [9.17, 15) is 14.7 Å².